The van der Waals surface area contributed by atoms with E-state index in [-0.39, 0.29) is 17.5 Å². The predicted octanol–water partition coefficient (Wildman–Crippen LogP) is 5.19. The first-order chi connectivity index (χ1) is 14.1. The first kappa shape index (κ1) is 19.2. The van der Waals surface area contributed by atoms with E-state index in [9.17, 15) is 9.59 Å². The molecule has 4 rings (SSSR count). The van der Waals surface area contributed by atoms with Crippen LogP contribution in [0.3, 0.4) is 0 Å². The van der Waals surface area contributed by atoms with Crippen LogP contribution in [0.2, 0.25) is 0 Å². The molecule has 1 saturated carbocycles. The van der Waals surface area contributed by atoms with Gasteiger partial charge in [0.15, 0.2) is 5.76 Å². The molecule has 0 atom stereocenters. The minimum atomic E-state index is -0.244. The molecule has 1 aliphatic heterocycles. The fourth-order valence-electron chi connectivity index (χ4n) is 3.96. The van der Waals surface area contributed by atoms with Crippen molar-refractivity contribution in [2.24, 2.45) is 5.92 Å². The van der Waals surface area contributed by atoms with Crippen LogP contribution in [0.1, 0.15) is 54.4 Å². The lowest BCUT2D eigenvalue weighted by atomic mass is 10.0. The molecule has 150 valence electrons. The number of ether oxygens (including phenoxy) is 3. The Bertz CT molecular complexity index is 953. The number of methoxy groups -OCH3 is 1. The third-order valence-corrected chi connectivity index (χ3v) is 5.53. The fraction of sp³-hybridized carbons (Fsp3) is 0.333. The zero-order valence-corrected chi connectivity index (χ0v) is 16.5. The summed E-state index contributed by atoms with van der Waals surface area (Å²) < 4.78 is 16.5. The summed E-state index contributed by atoms with van der Waals surface area (Å²) in [5, 5.41) is 0. The maximum atomic E-state index is 12.6. The summed E-state index contributed by atoms with van der Waals surface area (Å²) in [6.45, 7) is 0. The van der Waals surface area contributed by atoms with Crippen LogP contribution in [-0.4, -0.2) is 18.9 Å². The van der Waals surface area contributed by atoms with Crippen LogP contribution < -0.4 is 14.2 Å². The van der Waals surface area contributed by atoms with Gasteiger partial charge in [0.2, 0.25) is 5.78 Å². The van der Waals surface area contributed by atoms with Crippen LogP contribution in [0.25, 0.3) is 6.08 Å². The number of benzene rings is 2. The Labute approximate surface area is 170 Å². The molecule has 2 aliphatic rings. The summed E-state index contributed by atoms with van der Waals surface area (Å²) in [5.74, 6) is 1.87. The van der Waals surface area contributed by atoms with Gasteiger partial charge in [0.05, 0.1) is 12.7 Å². The van der Waals surface area contributed by atoms with E-state index in [4.69, 9.17) is 14.2 Å². The normalized spacial score (nSPS) is 17.3. The SMILES string of the molecule is COc1ccccc1C=C1Oc2cc(OC(=O)CCC3CCCC3)ccc2C1=O. The van der Waals surface area contributed by atoms with Gasteiger partial charge >= 0.3 is 5.97 Å². The van der Waals surface area contributed by atoms with Crippen LogP contribution in [0.4, 0.5) is 0 Å². The number of allylic oxidation sites excluding steroid dienone is 1. The van der Waals surface area contributed by atoms with Gasteiger partial charge in [-0.15, -0.1) is 0 Å². The van der Waals surface area contributed by atoms with Gasteiger partial charge in [-0.3, -0.25) is 9.59 Å². The van der Waals surface area contributed by atoms with Crippen molar-refractivity contribution in [2.45, 2.75) is 38.5 Å². The number of fused-ring (bicyclic) bond motifs is 1. The lowest BCUT2D eigenvalue weighted by molar-refractivity contribution is -0.134. The molecule has 0 N–H and O–H groups in total. The Morgan fingerprint density at radius 1 is 1.17 bits per heavy atom. The topological polar surface area (TPSA) is 61.8 Å². The molecule has 5 heteroatoms. The fourth-order valence-corrected chi connectivity index (χ4v) is 3.96. The average Bonchev–Trinajstić information content (AvgIpc) is 3.35. The Hall–Kier alpha value is -3.08. The van der Waals surface area contributed by atoms with Crippen molar-refractivity contribution in [1.82, 2.24) is 0 Å². The second kappa shape index (κ2) is 8.52. The Kier molecular flexibility index (Phi) is 5.65. The molecule has 1 fully saturated rings. The summed E-state index contributed by atoms with van der Waals surface area (Å²) in [4.78, 5) is 24.8. The van der Waals surface area contributed by atoms with E-state index in [1.54, 1.807) is 31.4 Å². The maximum absolute atomic E-state index is 12.6. The quantitative estimate of drug-likeness (QED) is 0.385. The van der Waals surface area contributed by atoms with Crippen LogP contribution >= 0.6 is 0 Å². The van der Waals surface area contributed by atoms with Gasteiger partial charge in [-0.2, -0.15) is 0 Å². The summed E-state index contributed by atoms with van der Waals surface area (Å²) in [5.41, 5.74) is 1.21. The van der Waals surface area contributed by atoms with Crippen molar-refractivity contribution in [1.29, 1.82) is 0 Å². The molecule has 29 heavy (non-hydrogen) atoms. The molecule has 5 nitrogen and oxygen atoms in total. The van der Waals surface area contributed by atoms with E-state index in [1.807, 2.05) is 24.3 Å². The smallest absolute Gasteiger partial charge is 0.311 e. The van der Waals surface area contributed by atoms with Crippen LogP contribution in [0, 0.1) is 5.92 Å². The lowest BCUT2D eigenvalue weighted by Crippen LogP contribution is -2.09. The van der Waals surface area contributed by atoms with Crippen molar-refractivity contribution >= 4 is 17.8 Å². The van der Waals surface area contributed by atoms with E-state index in [0.29, 0.717) is 35.2 Å². The van der Waals surface area contributed by atoms with Gasteiger partial charge < -0.3 is 14.2 Å². The number of Topliss-reactive ketones (excluding diaryl/α,β-unsaturated/α-hetero) is 1. The Morgan fingerprint density at radius 3 is 2.76 bits per heavy atom. The minimum Gasteiger partial charge on any atom is -0.496 e. The molecular weight excluding hydrogens is 368 g/mol. The first-order valence-corrected chi connectivity index (χ1v) is 10.1. The molecule has 1 aliphatic carbocycles. The van der Waals surface area contributed by atoms with Gasteiger partial charge in [0, 0.05) is 18.1 Å². The van der Waals surface area contributed by atoms with Crippen molar-refractivity contribution in [3.8, 4) is 17.2 Å². The van der Waals surface area contributed by atoms with Gasteiger partial charge in [-0.25, -0.2) is 0 Å². The number of para-hydroxylation sites is 1. The Balaban J connectivity index is 1.44. The Morgan fingerprint density at radius 2 is 1.97 bits per heavy atom. The number of carbonyl (C=O) groups excluding carboxylic acids is 2. The summed E-state index contributed by atoms with van der Waals surface area (Å²) in [7, 11) is 1.58. The number of esters is 1. The standard InChI is InChI=1S/C24H24O5/c1-27-20-9-5-4-8-17(20)14-22-24(26)19-12-11-18(15-21(19)29-22)28-23(25)13-10-16-6-2-3-7-16/h4-5,8-9,11-12,14-16H,2-3,6-7,10,13H2,1H3. The van der Waals surface area contributed by atoms with Gasteiger partial charge in [-0.05, 0) is 36.6 Å². The molecule has 0 aromatic heterocycles. The van der Waals surface area contributed by atoms with Gasteiger partial charge in [0.25, 0.3) is 0 Å². The number of ketones is 1. The largest absolute Gasteiger partial charge is 0.496 e. The van der Waals surface area contributed by atoms with Crippen LogP contribution in [-0.2, 0) is 4.79 Å². The number of hydrogen-bond donors (Lipinski definition) is 0. The third kappa shape index (κ3) is 4.34. The third-order valence-electron chi connectivity index (χ3n) is 5.53. The van der Waals surface area contributed by atoms with E-state index in [1.165, 1.54) is 25.7 Å². The van der Waals surface area contributed by atoms with Crippen molar-refractivity contribution in [2.75, 3.05) is 7.11 Å². The van der Waals surface area contributed by atoms with Gasteiger partial charge in [-0.1, -0.05) is 43.9 Å². The average molecular weight is 392 g/mol. The van der Waals surface area contributed by atoms with Crippen molar-refractivity contribution in [3.63, 3.8) is 0 Å². The molecule has 2 aromatic carbocycles. The second-order valence-electron chi connectivity index (χ2n) is 7.50. The highest BCUT2D eigenvalue weighted by Crippen LogP contribution is 2.36. The van der Waals surface area contributed by atoms with Crippen LogP contribution in [0.15, 0.2) is 48.2 Å². The number of carbonyl (C=O) groups is 2. The minimum absolute atomic E-state index is 0.204. The van der Waals surface area contributed by atoms with E-state index in [2.05, 4.69) is 0 Å². The summed E-state index contributed by atoms with van der Waals surface area (Å²) >= 11 is 0. The van der Waals surface area contributed by atoms with Crippen molar-refractivity contribution in [3.05, 3.63) is 59.4 Å². The molecule has 0 spiro atoms. The predicted molar refractivity (Wildman–Crippen MR) is 109 cm³/mol. The van der Waals surface area contributed by atoms with Crippen LogP contribution in [0.5, 0.6) is 17.2 Å². The highest BCUT2D eigenvalue weighted by atomic mass is 16.5. The zero-order valence-electron chi connectivity index (χ0n) is 16.5. The van der Waals surface area contributed by atoms with E-state index < -0.39 is 0 Å². The van der Waals surface area contributed by atoms with E-state index >= 15 is 0 Å². The highest BCUT2D eigenvalue weighted by molar-refractivity contribution is 6.14. The molecule has 0 radical (unpaired) electrons. The monoisotopic (exact) mass is 392 g/mol. The first-order valence-electron chi connectivity index (χ1n) is 10.1. The van der Waals surface area contributed by atoms with Gasteiger partial charge in [0.1, 0.15) is 17.2 Å². The molecule has 0 saturated heterocycles. The second-order valence-corrected chi connectivity index (χ2v) is 7.50. The molecule has 1 heterocycles. The molecule has 0 amide bonds. The lowest BCUT2D eigenvalue weighted by Gasteiger charge is -2.09. The summed E-state index contributed by atoms with van der Waals surface area (Å²) in [6.07, 6.45) is 7.91. The zero-order chi connectivity index (χ0) is 20.2. The van der Waals surface area contributed by atoms with E-state index in [0.717, 1.165) is 12.0 Å². The molecule has 0 unspecified atom stereocenters. The van der Waals surface area contributed by atoms with Crippen molar-refractivity contribution < 1.29 is 23.8 Å². The molecule has 2 aromatic rings. The maximum Gasteiger partial charge on any atom is 0.311 e. The molecule has 0 bridgehead atoms. The highest BCUT2D eigenvalue weighted by Gasteiger charge is 2.28. The molecular formula is C24H24O5. The summed E-state index contributed by atoms with van der Waals surface area (Å²) in [6, 6.07) is 12.3. The number of hydrogen-bond acceptors (Lipinski definition) is 5. The number of rotatable bonds is 6.